The second-order valence-electron chi connectivity index (χ2n) is 4.89. The molecule has 0 atom stereocenters. The van der Waals surface area contributed by atoms with E-state index >= 15 is 0 Å². The van der Waals surface area contributed by atoms with Gasteiger partial charge in [0.2, 0.25) is 0 Å². The monoisotopic (exact) mass is 332 g/mol. The molecular formula is C17H16O7. The summed E-state index contributed by atoms with van der Waals surface area (Å²) in [7, 11) is 0. The molecule has 7 nitrogen and oxygen atoms in total. The summed E-state index contributed by atoms with van der Waals surface area (Å²) in [6, 6.07) is 11.6. The summed E-state index contributed by atoms with van der Waals surface area (Å²) in [6.45, 7) is -0.831. The number of aromatic hydroxyl groups is 2. The van der Waals surface area contributed by atoms with Crippen LogP contribution in [0.3, 0.4) is 0 Å². The van der Waals surface area contributed by atoms with Gasteiger partial charge >= 0.3 is 11.9 Å². The lowest BCUT2D eigenvalue weighted by atomic mass is 10.2. The molecule has 2 aromatic carbocycles. The molecule has 126 valence electrons. The maximum absolute atomic E-state index is 11.7. The van der Waals surface area contributed by atoms with E-state index in [1.165, 1.54) is 24.3 Å². The number of hydrogen-bond acceptors (Lipinski definition) is 7. The van der Waals surface area contributed by atoms with Crippen molar-refractivity contribution in [2.45, 2.75) is 6.10 Å². The molecule has 0 saturated heterocycles. The predicted molar refractivity (Wildman–Crippen MR) is 82.8 cm³/mol. The van der Waals surface area contributed by atoms with Gasteiger partial charge < -0.3 is 24.8 Å². The molecule has 0 saturated carbocycles. The van der Waals surface area contributed by atoms with Crippen molar-refractivity contribution in [2.75, 3.05) is 13.2 Å². The van der Waals surface area contributed by atoms with Gasteiger partial charge in [-0.3, -0.25) is 0 Å². The Morgan fingerprint density at radius 1 is 0.792 bits per heavy atom. The zero-order valence-electron chi connectivity index (χ0n) is 12.6. The molecule has 0 amide bonds. The largest absolute Gasteiger partial charge is 0.507 e. The molecule has 0 spiro atoms. The van der Waals surface area contributed by atoms with E-state index in [2.05, 4.69) is 0 Å². The Labute approximate surface area is 137 Å². The highest BCUT2D eigenvalue weighted by Gasteiger charge is 2.17. The minimum absolute atomic E-state index is 0.0316. The molecule has 3 N–H and O–H groups in total. The van der Waals surface area contributed by atoms with Crippen LogP contribution in [0.5, 0.6) is 11.5 Å². The number of para-hydroxylation sites is 2. The van der Waals surface area contributed by atoms with E-state index in [1.807, 2.05) is 0 Å². The van der Waals surface area contributed by atoms with Crippen LogP contribution in [0.2, 0.25) is 0 Å². The molecular weight excluding hydrogens is 316 g/mol. The van der Waals surface area contributed by atoms with Gasteiger partial charge in [-0.15, -0.1) is 0 Å². The van der Waals surface area contributed by atoms with E-state index < -0.39 is 31.3 Å². The van der Waals surface area contributed by atoms with E-state index in [9.17, 15) is 24.9 Å². The van der Waals surface area contributed by atoms with E-state index in [0.29, 0.717) is 0 Å². The van der Waals surface area contributed by atoms with Crippen LogP contribution in [0.15, 0.2) is 48.5 Å². The lowest BCUT2D eigenvalue weighted by molar-refractivity contribution is -0.00489. The summed E-state index contributed by atoms with van der Waals surface area (Å²) < 4.78 is 9.69. The number of phenols is 2. The van der Waals surface area contributed by atoms with E-state index in [4.69, 9.17) is 9.47 Å². The van der Waals surface area contributed by atoms with Gasteiger partial charge in [-0.25, -0.2) is 9.59 Å². The highest BCUT2D eigenvalue weighted by atomic mass is 16.6. The van der Waals surface area contributed by atoms with E-state index in [1.54, 1.807) is 24.3 Å². The molecule has 0 heterocycles. The lowest BCUT2D eigenvalue weighted by Crippen LogP contribution is -2.25. The smallest absolute Gasteiger partial charge is 0.342 e. The van der Waals surface area contributed by atoms with Gasteiger partial charge in [-0.2, -0.15) is 0 Å². The maximum atomic E-state index is 11.7. The van der Waals surface area contributed by atoms with Gasteiger partial charge in [0, 0.05) is 0 Å². The molecule has 0 aromatic heterocycles. The SMILES string of the molecule is O=C(OCC(O)COC(=O)c1ccccc1O)c1ccccc1O. The first-order chi connectivity index (χ1) is 11.5. The summed E-state index contributed by atoms with van der Waals surface area (Å²) in [6.07, 6.45) is -1.24. The highest BCUT2D eigenvalue weighted by Crippen LogP contribution is 2.17. The van der Waals surface area contributed by atoms with Crippen LogP contribution in [0.4, 0.5) is 0 Å². The third-order valence-corrected chi connectivity index (χ3v) is 3.06. The summed E-state index contributed by atoms with van der Waals surface area (Å²) in [5, 5.41) is 28.7. The number of carbonyl (C=O) groups excluding carboxylic acids is 2. The number of ether oxygens (including phenoxy) is 2. The highest BCUT2D eigenvalue weighted by molar-refractivity contribution is 5.92. The number of phenolic OH excluding ortho intramolecular Hbond substituents is 2. The van der Waals surface area contributed by atoms with Crippen molar-refractivity contribution in [1.29, 1.82) is 0 Å². The van der Waals surface area contributed by atoms with Crippen molar-refractivity contribution in [1.82, 2.24) is 0 Å². The van der Waals surface area contributed by atoms with Crippen LogP contribution in [0.1, 0.15) is 20.7 Å². The van der Waals surface area contributed by atoms with Crippen LogP contribution >= 0.6 is 0 Å². The van der Waals surface area contributed by atoms with Gasteiger partial charge in [0.1, 0.15) is 41.9 Å². The average Bonchev–Trinajstić information content (AvgIpc) is 2.58. The molecule has 0 radical (unpaired) electrons. The standard InChI is InChI=1S/C17H16O7/c18-11(9-23-16(21)12-5-1-3-7-14(12)19)10-24-17(22)13-6-2-4-8-15(13)20/h1-8,11,18-20H,9-10H2. The predicted octanol–water partition coefficient (Wildman–Crippen LogP) is 1.47. The molecule has 0 aliphatic rings. The Bertz CT molecular complexity index is 665. The first kappa shape index (κ1) is 17.3. The van der Waals surface area contributed by atoms with E-state index in [-0.39, 0.29) is 22.6 Å². The fourth-order valence-corrected chi connectivity index (χ4v) is 1.84. The number of aliphatic hydroxyl groups is 1. The van der Waals surface area contributed by atoms with Crippen molar-refractivity contribution >= 4 is 11.9 Å². The van der Waals surface area contributed by atoms with Crippen LogP contribution in [-0.2, 0) is 9.47 Å². The Morgan fingerprint density at radius 2 is 1.17 bits per heavy atom. The fraction of sp³-hybridized carbons (Fsp3) is 0.176. The lowest BCUT2D eigenvalue weighted by Gasteiger charge is -2.12. The van der Waals surface area contributed by atoms with Crippen molar-refractivity contribution in [2.24, 2.45) is 0 Å². The van der Waals surface area contributed by atoms with Gasteiger partial charge in [0.05, 0.1) is 0 Å². The first-order valence-electron chi connectivity index (χ1n) is 7.07. The second kappa shape index (κ2) is 7.98. The van der Waals surface area contributed by atoms with Gasteiger partial charge in [-0.1, -0.05) is 24.3 Å². The molecule has 0 unspecified atom stereocenters. The summed E-state index contributed by atoms with van der Waals surface area (Å²) in [4.78, 5) is 23.5. The van der Waals surface area contributed by atoms with Crippen LogP contribution in [0, 0.1) is 0 Å². The van der Waals surface area contributed by atoms with Crippen molar-refractivity contribution in [3.8, 4) is 11.5 Å². The molecule has 24 heavy (non-hydrogen) atoms. The minimum Gasteiger partial charge on any atom is -0.507 e. The number of rotatable bonds is 6. The maximum Gasteiger partial charge on any atom is 0.342 e. The topological polar surface area (TPSA) is 113 Å². The zero-order chi connectivity index (χ0) is 17.5. The molecule has 0 fully saturated rings. The molecule has 0 bridgehead atoms. The number of hydrogen-bond donors (Lipinski definition) is 3. The Balaban J connectivity index is 1.80. The van der Waals surface area contributed by atoms with Crippen LogP contribution < -0.4 is 0 Å². The number of carbonyl (C=O) groups is 2. The Hall–Kier alpha value is -3.06. The van der Waals surface area contributed by atoms with Crippen LogP contribution in [0.25, 0.3) is 0 Å². The fourth-order valence-electron chi connectivity index (χ4n) is 1.84. The summed E-state index contributed by atoms with van der Waals surface area (Å²) in [5.41, 5.74) is -0.0631. The van der Waals surface area contributed by atoms with Gasteiger partial charge in [0.15, 0.2) is 0 Å². The minimum atomic E-state index is -1.24. The Morgan fingerprint density at radius 3 is 1.54 bits per heavy atom. The molecule has 2 rings (SSSR count). The molecule has 0 aliphatic heterocycles. The second-order valence-corrected chi connectivity index (χ2v) is 4.89. The first-order valence-corrected chi connectivity index (χ1v) is 7.07. The quantitative estimate of drug-likeness (QED) is 0.686. The number of esters is 2. The number of aliphatic hydroxyl groups excluding tert-OH is 1. The molecule has 7 heteroatoms. The van der Waals surface area contributed by atoms with Crippen LogP contribution in [-0.4, -0.2) is 46.6 Å². The van der Waals surface area contributed by atoms with Crippen molar-refractivity contribution in [3.63, 3.8) is 0 Å². The van der Waals surface area contributed by atoms with Crippen molar-refractivity contribution in [3.05, 3.63) is 59.7 Å². The Kier molecular flexibility index (Phi) is 5.75. The average molecular weight is 332 g/mol. The summed E-state index contributed by atoms with van der Waals surface area (Å²) >= 11 is 0. The summed E-state index contributed by atoms with van der Waals surface area (Å²) in [5.74, 6) is -2.08. The number of benzene rings is 2. The third kappa shape index (κ3) is 4.47. The molecule has 0 aliphatic carbocycles. The third-order valence-electron chi connectivity index (χ3n) is 3.06. The van der Waals surface area contributed by atoms with Gasteiger partial charge in [-0.05, 0) is 24.3 Å². The normalized spacial score (nSPS) is 10.4. The zero-order valence-corrected chi connectivity index (χ0v) is 12.6. The van der Waals surface area contributed by atoms with Crippen molar-refractivity contribution < 1.29 is 34.4 Å². The molecule has 2 aromatic rings. The van der Waals surface area contributed by atoms with E-state index in [0.717, 1.165) is 0 Å². The van der Waals surface area contributed by atoms with Gasteiger partial charge in [0.25, 0.3) is 0 Å².